The smallest absolute Gasteiger partial charge is 0.252 e. The molecule has 0 spiro atoms. The van der Waals surface area contributed by atoms with Gasteiger partial charge in [-0.1, -0.05) is 18.2 Å². The Morgan fingerprint density at radius 1 is 1.35 bits per heavy atom. The Labute approximate surface area is 118 Å². The normalized spacial score (nSPS) is 22.4. The number of nitrogens with one attached hydrogen (secondary N) is 2. The maximum atomic E-state index is 12.1. The van der Waals surface area contributed by atoms with Crippen molar-refractivity contribution in [3.05, 3.63) is 46.2 Å². The van der Waals surface area contributed by atoms with E-state index in [2.05, 4.69) is 10.3 Å². The highest BCUT2D eigenvalue weighted by Gasteiger charge is 2.26. The van der Waals surface area contributed by atoms with Crippen molar-refractivity contribution in [1.82, 2.24) is 10.3 Å². The molecule has 2 unspecified atom stereocenters. The second-order valence-electron chi connectivity index (χ2n) is 5.40. The van der Waals surface area contributed by atoms with E-state index in [0.717, 1.165) is 29.3 Å². The van der Waals surface area contributed by atoms with Gasteiger partial charge < -0.3 is 15.0 Å². The van der Waals surface area contributed by atoms with Gasteiger partial charge >= 0.3 is 0 Å². The standard InChI is InChI=1S/C16H20N2O2/c1-20-15-8-4-7-14(15)17-10-12-9-11-5-2-3-6-13(11)18-16(12)19/h2-3,5-6,9,14-15,17H,4,7-8,10H2,1H3,(H,18,19). The number of methoxy groups -OCH3 is 1. The molecule has 0 saturated heterocycles. The molecular formula is C16H20N2O2. The van der Waals surface area contributed by atoms with Gasteiger partial charge in [0.25, 0.3) is 5.56 Å². The minimum atomic E-state index is -0.0110. The van der Waals surface area contributed by atoms with Crippen molar-refractivity contribution >= 4 is 10.9 Å². The van der Waals surface area contributed by atoms with E-state index in [4.69, 9.17) is 4.74 Å². The van der Waals surface area contributed by atoms with Crippen molar-refractivity contribution in [2.75, 3.05) is 7.11 Å². The third-order valence-electron chi connectivity index (χ3n) is 4.14. The highest BCUT2D eigenvalue weighted by Crippen LogP contribution is 2.21. The van der Waals surface area contributed by atoms with Gasteiger partial charge in [-0.15, -0.1) is 0 Å². The molecule has 0 radical (unpaired) electrons. The van der Waals surface area contributed by atoms with Crippen LogP contribution in [0, 0.1) is 0 Å². The van der Waals surface area contributed by atoms with Crippen molar-refractivity contribution in [2.24, 2.45) is 0 Å². The van der Waals surface area contributed by atoms with Crippen LogP contribution in [-0.2, 0) is 11.3 Å². The molecule has 2 N–H and O–H groups in total. The topological polar surface area (TPSA) is 54.1 Å². The minimum absolute atomic E-state index is 0.0110. The lowest BCUT2D eigenvalue weighted by molar-refractivity contribution is 0.0847. The summed E-state index contributed by atoms with van der Waals surface area (Å²) in [6, 6.07) is 10.2. The fraction of sp³-hybridized carbons (Fsp3) is 0.438. The quantitative estimate of drug-likeness (QED) is 0.897. The fourth-order valence-electron chi connectivity index (χ4n) is 3.01. The number of rotatable bonds is 4. The fourth-order valence-corrected chi connectivity index (χ4v) is 3.01. The zero-order valence-corrected chi connectivity index (χ0v) is 11.7. The molecule has 0 bridgehead atoms. The number of ether oxygens (including phenoxy) is 1. The summed E-state index contributed by atoms with van der Waals surface area (Å²) in [6.45, 7) is 0.588. The van der Waals surface area contributed by atoms with Crippen LogP contribution < -0.4 is 10.9 Å². The first kappa shape index (κ1) is 13.3. The lowest BCUT2D eigenvalue weighted by Gasteiger charge is -2.19. The van der Waals surface area contributed by atoms with Crippen LogP contribution in [-0.4, -0.2) is 24.2 Å². The molecule has 2 aromatic rings. The van der Waals surface area contributed by atoms with Crippen LogP contribution in [0.2, 0.25) is 0 Å². The predicted octanol–water partition coefficient (Wildman–Crippen LogP) is 2.19. The molecule has 1 aliphatic rings. The van der Waals surface area contributed by atoms with Gasteiger partial charge in [-0.05, 0) is 36.8 Å². The number of benzene rings is 1. The first-order valence-electron chi connectivity index (χ1n) is 7.15. The third-order valence-corrected chi connectivity index (χ3v) is 4.14. The van der Waals surface area contributed by atoms with E-state index < -0.39 is 0 Å². The van der Waals surface area contributed by atoms with Crippen molar-refractivity contribution < 1.29 is 4.74 Å². The Kier molecular flexibility index (Phi) is 3.85. The summed E-state index contributed by atoms with van der Waals surface area (Å²) < 4.78 is 5.46. The third kappa shape index (κ3) is 2.62. The van der Waals surface area contributed by atoms with Crippen molar-refractivity contribution in [1.29, 1.82) is 0 Å². The second-order valence-corrected chi connectivity index (χ2v) is 5.40. The van der Waals surface area contributed by atoms with E-state index in [1.165, 1.54) is 6.42 Å². The van der Waals surface area contributed by atoms with Gasteiger partial charge in [0, 0.05) is 30.8 Å². The van der Waals surface area contributed by atoms with Crippen LogP contribution >= 0.6 is 0 Å². The monoisotopic (exact) mass is 272 g/mol. The van der Waals surface area contributed by atoms with E-state index >= 15 is 0 Å². The lowest BCUT2D eigenvalue weighted by atomic mass is 10.1. The number of aromatic nitrogens is 1. The SMILES string of the molecule is COC1CCCC1NCc1cc2ccccc2[nH]c1=O. The Morgan fingerprint density at radius 3 is 3.05 bits per heavy atom. The molecule has 4 heteroatoms. The Hall–Kier alpha value is -1.65. The Morgan fingerprint density at radius 2 is 2.20 bits per heavy atom. The molecular weight excluding hydrogens is 252 g/mol. The van der Waals surface area contributed by atoms with E-state index in [9.17, 15) is 4.79 Å². The molecule has 20 heavy (non-hydrogen) atoms. The highest BCUT2D eigenvalue weighted by atomic mass is 16.5. The van der Waals surface area contributed by atoms with E-state index in [1.54, 1.807) is 7.11 Å². The molecule has 1 heterocycles. The number of hydrogen-bond donors (Lipinski definition) is 2. The molecule has 1 saturated carbocycles. The summed E-state index contributed by atoms with van der Waals surface area (Å²) in [5, 5.41) is 4.53. The van der Waals surface area contributed by atoms with Crippen LogP contribution in [0.25, 0.3) is 10.9 Å². The second kappa shape index (κ2) is 5.77. The summed E-state index contributed by atoms with van der Waals surface area (Å²) in [5.74, 6) is 0. The minimum Gasteiger partial charge on any atom is -0.380 e. The van der Waals surface area contributed by atoms with E-state index in [-0.39, 0.29) is 11.7 Å². The molecule has 106 valence electrons. The Balaban J connectivity index is 1.77. The van der Waals surface area contributed by atoms with Gasteiger partial charge in [0.1, 0.15) is 0 Å². The zero-order chi connectivity index (χ0) is 13.9. The summed E-state index contributed by atoms with van der Waals surface area (Å²) >= 11 is 0. The maximum absolute atomic E-state index is 12.1. The summed E-state index contributed by atoms with van der Waals surface area (Å²) in [6.07, 6.45) is 3.67. The van der Waals surface area contributed by atoms with Crippen molar-refractivity contribution in [2.45, 2.75) is 38.0 Å². The van der Waals surface area contributed by atoms with Gasteiger partial charge in [-0.3, -0.25) is 4.79 Å². The molecule has 4 nitrogen and oxygen atoms in total. The van der Waals surface area contributed by atoms with Crippen LogP contribution in [0.3, 0.4) is 0 Å². The maximum Gasteiger partial charge on any atom is 0.252 e. The molecule has 1 fully saturated rings. The van der Waals surface area contributed by atoms with Gasteiger partial charge in [0.05, 0.1) is 6.10 Å². The van der Waals surface area contributed by atoms with Crippen LogP contribution in [0.1, 0.15) is 24.8 Å². The van der Waals surface area contributed by atoms with Crippen LogP contribution in [0.15, 0.2) is 35.1 Å². The summed E-state index contributed by atoms with van der Waals surface area (Å²) in [4.78, 5) is 15.0. The van der Waals surface area contributed by atoms with Gasteiger partial charge in [-0.2, -0.15) is 0 Å². The molecule has 1 aromatic carbocycles. The average Bonchev–Trinajstić information content (AvgIpc) is 2.92. The molecule has 2 atom stereocenters. The van der Waals surface area contributed by atoms with E-state index in [0.29, 0.717) is 12.6 Å². The number of aromatic amines is 1. The first-order chi connectivity index (χ1) is 9.78. The van der Waals surface area contributed by atoms with Crippen LogP contribution in [0.4, 0.5) is 0 Å². The zero-order valence-electron chi connectivity index (χ0n) is 11.7. The van der Waals surface area contributed by atoms with Gasteiger partial charge in [-0.25, -0.2) is 0 Å². The lowest BCUT2D eigenvalue weighted by Crippen LogP contribution is -2.37. The Bertz CT molecular complexity index is 650. The van der Waals surface area contributed by atoms with E-state index in [1.807, 2.05) is 30.3 Å². The number of pyridine rings is 1. The van der Waals surface area contributed by atoms with Crippen molar-refractivity contribution in [3.63, 3.8) is 0 Å². The molecule has 3 rings (SSSR count). The first-order valence-corrected chi connectivity index (χ1v) is 7.15. The molecule has 1 aliphatic carbocycles. The largest absolute Gasteiger partial charge is 0.380 e. The molecule has 0 aliphatic heterocycles. The number of hydrogen-bond acceptors (Lipinski definition) is 3. The number of para-hydroxylation sites is 1. The highest BCUT2D eigenvalue weighted by molar-refractivity contribution is 5.78. The molecule has 1 aromatic heterocycles. The average molecular weight is 272 g/mol. The predicted molar refractivity (Wildman–Crippen MR) is 79.8 cm³/mol. The summed E-state index contributed by atoms with van der Waals surface area (Å²) in [7, 11) is 1.76. The number of H-pyrrole nitrogens is 1. The number of fused-ring (bicyclic) bond motifs is 1. The summed E-state index contributed by atoms with van der Waals surface area (Å²) in [5.41, 5.74) is 1.66. The van der Waals surface area contributed by atoms with Crippen molar-refractivity contribution in [3.8, 4) is 0 Å². The van der Waals surface area contributed by atoms with Gasteiger partial charge in [0.2, 0.25) is 0 Å². The van der Waals surface area contributed by atoms with Crippen LogP contribution in [0.5, 0.6) is 0 Å². The molecule has 0 amide bonds. The van der Waals surface area contributed by atoms with Gasteiger partial charge in [0.15, 0.2) is 0 Å².